The molecule has 174 valence electrons. The number of hydrogen-bond acceptors (Lipinski definition) is 4. The fourth-order valence-electron chi connectivity index (χ4n) is 4.33. The monoisotopic (exact) mass is 472 g/mol. The fraction of sp³-hybridized carbons (Fsp3) is 0.375. The summed E-state index contributed by atoms with van der Waals surface area (Å²) in [5.74, 6) is -1.72. The van der Waals surface area contributed by atoms with E-state index in [9.17, 15) is 19.1 Å². The lowest BCUT2D eigenvalue weighted by molar-refractivity contribution is -0.132. The second-order valence-electron chi connectivity index (χ2n) is 8.75. The van der Waals surface area contributed by atoms with Crippen molar-refractivity contribution in [3.05, 3.63) is 71.0 Å². The van der Waals surface area contributed by atoms with Crippen LogP contribution in [-0.2, 0) is 4.79 Å². The van der Waals surface area contributed by atoms with Crippen LogP contribution in [0.1, 0.15) is 42.2 Å². The molecular weight excluding hydrogens is 447 g/mol. The first-order valence-electron chi connectivity index (χ1n) is 10.9. The van der Waals surface area contributed by atoms with Gasteiger partial charge >= 0.3 is 0 Å². The van der Waals surface area contributed by atoms with Gasteiger partial charge in [-0.15, -0.1) is 0 Å². The minimum atomic E-state index is -1.19. The summed E-state index contributed by atoms with van der Waals surface area (Å²) in [7, 11) is 0. The fourth-order valence-corrected chi connectivity index (χ4v) is 4.56. The minimum absolute atomic E-state index is 0.196. The summed E-state index contributed by atoms with van der Waals surface area (Å²) in [5.41, 5.74) is 1.91. The Balaban J connectivity index is 1.62. The number of hydrogen-bond donors (Lipinski definition) is 2. The number of amides is 2. The number of carbonyl (C=O) groups excluding carboxylic acids is 2. The zero-order valence-electron chi connectivity index (χ0n) is 18.4. The number of aliphatic hydroxyl groups excluding tert-OH is 1. The quantitative estimate of drug-likeness (QED) is 0.596. The Bertz CT molecular complexity index is 1160. The number of rotatable bonds is 5. The van der Waals surface area contributed by atoms with Crippen molar-refractivity contribution < 1.29 is 19.1 Å². The highest BCUT2D eigenvalue weighted by atomic mass is 35.5. The first-order chi connectivity index (χ1) is 15.7. The van der Waals surface area contributed by atoms with E-state index in [-0.39, 0.29) is 29.3 Å². The first kappa shape index (κ1) is 23.2. The third-order valence-corrected chi connectivity index (χ3v) is 6.33. The molecule has 0 spiro atoms. The molecule has 1 aliphatic rings. The molecule has 3 atom stereocenters. The van der Waals surface area contributed by atoms with Crippen LogP contribution in [0.4, 0.5) is 4.39 Å². The largest absolute Gasteiger partial charge is 0.383 e. The van der Waals surface area contributed by atoms with Gasteiger partial charge in [-0.3, -0.25) is 14.0 Å². The maximum Gasteiger partial charge on any atom is 0.270 e. The highest BCUT2D eigenvalue weighted by Gasteiger charge is 2.36. The predicted molar refractivity (Wildman–Crippen MR) is 123 cm³/mol. The standard InChI is InChI=1S/C24H26ClFN4O3/c1-14(2)22(31)23(32)28-20-12-29(7-6-19(20)15-8-16(25)10-17(26)9-15)24(33)21-5-3-4-18-11-27-13-30(18)21/h3-5,8-11,13-14,19-20,22,31H,6-7,12H2,1-2H3,(H,28,32)/t19-,20+,22+/m0/s1. The van der Waals surface area contributed by atoms with Crippen molar-refractivity contribution in [3.8, 4) is 0 Å². The first-order valence-corrected chi connectivity index (χ1v) is 11.3. The van der Waals surface area contributed by atoms with E-state index in [2.05, 4.69) is 10.3 Å². The van der Waals surface area contributed by atoms with Crippen molar-refractivity contribution in [2.75, 3.05) is 13.1 Å². The van der Waals surface area contributed by atoms with Crippen molar-refractivity contribution in [1.29, 1.82) is 0 Å². The Morgan fingerprint density at radius 2 is 2.06 bits per heavy atom. The van der Waals surface area contributed by atoms with Crippen LogP contribution < -0.4 is 5.32 Å². The lowest BCUT2D eigenvalue weighted by atomic mass is 9.84. The summed E-state index contributed by atoms with van der Waals surface area (Å²) < 4.78 is 15.8. The van der Waals surface area contributed by atoms with E-state index < -0.39 is 23.9 Å². The molecule has 0 bridgehead atoms. The molecule has 9 heteroatoms. The number of aliphatic hydroxyl groups is 1. The van der Waals surface area contributed by atoms with E-state index in [1.807, 2.05) is 6.07 Å². The number of likely N-dealkylation sites (tertiary alicyclic amines) is 1. The van der Waals surface area contributed by atoms with Crippen molar-refractivity contribution in [2.24, 2.45) is 5.92 Å². The van der Waals surface area contributed by atoms with Gasteiger partial charge in [0.1, 0.15) is 17.6 Å². The zero-order chi connectivity index (χ0) is 23.7. The van der Waals surface area contributed by atoms with Gasteiger partial charge in [-0.25, -0.2) is 9.37 Å². The van der Waals surface area contributed by atoms with Gasteiger partial charge in [0.05, 0.1) is 24.1 Å². The van der Waals surface area contributed by atoms with Crippen molar-refractivity contribution in [3.63, 3.8) is 0 Å². The second-order valence-corrected chi connectivity index (χ2v) is 9.19. The Morgan fingerprint density at radius 3 is 2.79 bits per heavy atom. The van der Waals surface area contributed by atoms with Gasteiger partial charge in [0.2, 0.25) is 5.91 Å². The minimum Gasteiger partial charge on any atom is -0.383 e. The molecule has 3 aromatic rings. The molecule has 0 aliphatic carbocycles. The summed E-state index contributed by atoms with van der Waals surface area (Å²) in [6.45, 7) is 4.12. The van der Waals surface area contributed by atoms with E-state index in [1.54, 1.807) is 53.9 Å². The van der Waals surface area contributed by atoms with Crippen LogP contribution in [0.25, 0.3) is 5.52 Å². The van der Waals surface area contributed by atoms with Crippen LogP contribution in [-0.4, -0.2) is 56.4 Å². The Morgan fingerprint density at radius 1 is 1.27 bits per heavy atom. The Hall–Kier alpha value is -2.97. The number of nitrogens with zero attached hydrogens (tertiary/aromatic N) is 3. The zero-order valence-corrected chi connectivity index (χ0v) is 19.2. The molecule has 33 heavy (non-hydrogen) atoms. The molecular formula is C24H26ClFN4O3. The maximum absolute atomic E-state index is 14.1. The molecule has 2 amide bonds. The third kappa shape index (κ3) is 4.86. The maximum atomic E-state index is 14.1. The number of halogens is 2. The average Bonchev–Trinajstić information content (AvgIpc) is 3.26. The van der Waals surface area contributed by atoms with Crippen LogP contribution in [0.2, 0.25) is 5.02 Å². The summed E-state index contributed by atoms with van der Waals surface area (Å²) >= 11 is 6.08. The molecule has 1 fully saturated rings. The van der Waals surface area contributed by atoms with Gasteiger partial charge in [-0.1, -0.05) is 31.5 Å². The number of carbonyl (C=O) groups is 2. The lowest BCUT2D eigenvalue weighted by Gasteiger charge is -2.39. The number of imidazole rings is 1. The smallest absolute Gasteiger partial charge is 0.270 e. The Kier molecular flexibility index (Phi) is 6.67. The predicted octanol–water partition coefficient (Wildman–Crippen LogP) is 3.26. The van der Waals surface area contributed by atoms with Gasteiger partial charge in [-0.05, 0) is 48.2 Å². The topological polar surface area (TPSA) is 86.9 Å². The molecule has 0 radical (unpaired) electrons. The molecule has 2 N–H and O–H groups in total. The number of piperidine rings is 1. The van der Waals surface area contributed by atoms with Crippen molar-refractivity contribution >= 4 is 28.9 Å². The number of nitrogens with one attached hydrogen (secondary N) is 1. The molecule has 4 rings (SSSR count). The molecule has 1 saturated heterocycles. The molecule has 0 saturated carbocycles. The number of pyridine rings is 1. The van der Waals surface area contributed by atoms with Crippen LogP contribution >= 0.6 is 11.6 Å². The van der Waals surface area contributed by atoms with E-state index in [4.69, 9.17) is 11.6 Å². The van der Waals surface area contributed by atoms with Crippen LogP contribution in [0.15, 0.2) is 48.9 Å². The highest BCUT2D eigenvalue weighted by molar-refractivity contribution is 6.30. The van der Waals surface area contributed by atoms with Gasteiger partial charge in [-0.2, -0.15) is 0 Å². The van der Waals surface area contributed by atoms with Crippen LogP contribution in [0.5, 0.6) is 0 Å². The second kappa shape index (κ2) is 9.49. The summed E-state index contributed by atoms with van der Waals surface area (Å²) in [6.07, 6.45) is 2.57. The number of aromatic nitrogens is 2. The van der Waals surface area contributed by atoms with E-state index in [1.165, 1.54) is 12.1 Å². The van der Waals surface area contributed by atoms with Crippen molar-refractivity contribution in [1.82, 2.24) is 19.6 Å². The lowest BCUT2D eigenvalue weighted by Crippen LogP contribution is -2.55. The molecule has 2 aromatic heterocycles. The van der Waals surface area contributed by atoms with Crippen molar-refractivity contribution in [2.45, 2.75) is 38.3 Å². The average molecular weight is 473 g/mol. The molecule has 0 unspecified atom stereocenters. The Labute approximate surface area is 196 Å². The van der Waals surface area contributed by atoms with Gasteiger partial charge < -0.3 is 15.3 Å². The summed E-state index contributed by atoms with van der Waals surface area (Å²) in [5, 5.41) is 13.4. The molecule has 1 aliphatic heterocycles. The van der Waals surface area contributed by atoms with E-state index in [0.717, 1.165) is 5.52 Å². The van der Waals surface area contributed by atoms with Crippen LogP contribution in [0.3, 0.4) is 0 Å². The number of benzene rings is 1. The highest BCUT2D eigenvalue weighted by Crippen LogP contribution is 2.32. The molecule has 3 heterocycles. The normalized spacial score (nSPS) is 19.6. The number of fused-ring (bicyclic) bond motifs is 1. The SMILES string of the molecule is CC(C)[C@@H](O)C(=O)N[C@@H]1CN(C(=O)c2cccc3cncn23)CC[C@H]1c1cc(F)cc(Cl)c1. The third-order valence-electron chi connectivity index (χ3n) is 6.11. The molecule has 1 aromatic carbocycles. The summed E-state index contributed by atoms with van der Waals surface area (Å²) in [6, 6.07) is 9.17. The van der Waals surface area contributed by atoms with Gasteiger partial charge in [0.25, 0.3) is 5.91 Å². The van der Waals surface area contributed by atoms with Gasteiger partial charge in [0, 0.05) is 24.0 Å². The van der Waals surface area contributed by atoms with Gasteiger partial charge in [0.15, 0.2) is 0 Å². The van der Waals surface area contributed by atoms with E-state index in [0.29, 0.717) is 24.2 Å². The summed E-state index contributed by atoms with van der Waals surface area (Å²) in [4.78, 5) is 31.8. The van der Waals surface area contributed by atoms with Crippen LogP contribution in [0, 0.1) is 11.7 Å². The molecule has 7 nitrogen and oxygen atoms in total. The van der Waals surface area contributed by atoms with E-state index >= 15 is 0 Å².